The Morgan fingerprint density at radius 3 is 2.22 bits per heavy atom. The van der Waals surface area contributed by atoms with E-state index in [4.69, 9.17) is 16.3 Å². The molecule has 0 radical (unpaired) electrons. The van der Waals surface area contributed by atoms with Crippen LogP contribution >= 0.6 is 11.6 Å². The quantitative estimate of drug-likeness (QED) is 0.624. The summed E-state index contributed by atoms with van der Waals surface area (Å²) in [5.41, 5.74) is -3.20. The lowest BCUT2D eigenvalue weighted by Crippen LogP contribution is -2.65. The molecule has 0 bridgehead atoms. The smallest absolute Gasteiger partial charge is 0.408 e. The minimum absolute atomic E-state index is 0.104. The number of benzene rings is 1. The van der Waals surface area contributed by atoms with Gasteiger partial charge in [0, 0.05) is 35.5 Å². The van der Waals surface area contributed by atoms with E-state index in [1.165, 1.54) is 17.9 Å². The number of piperidine rings is 1. The van der Waals surface area contributed by atoms with Crippen LogP contribution in [0.2, 0.25) is 5.02 Å². The normalized spacial score (nSPS) is 25.8. The first-order chi connectivity index (χ1) is 14.5. The van der Waals surface area contributed by atoms with Crippen molar-refractivity contribution in [2.45, 2.75) is 65.2 Å². The van der Waals surface area contributed by atoms with Gasteiger partial charge in [0.05, 0.1) is 6.61 Å². The number of ether oxygens (including phenoxy) is 1. The second-order valence-corrected chi connectivity index (χ2v) is 10.5. The second-order valence-electron chi connectivity index (χ2n) is 10.0. The number of halogens is 2. The lowest BCUT2D eigenvalue weighted by Gasteiger charge is -2.50. The molecule has 3 N–H and O–H groups in total. The van der Waals surface area contributed by atoms with Crippen LogP contribution in [0.25, 0.3) is 0 Å². The Labute approximate surface area is 193 Å². The van der Waals surface area contributed by atoms with E-state index in [1.54, 1.807) is 47.6 Å². The van der Waals surface area contributed by atoms with Crippen molar-refractivity contribution in [3.8, 4) is 0 Å². The maximum atomic E-state index is 14.8. The fourth-order valence-corrected chi connectivity index (χ4v) is 4.67. The molecule has 4 atom stereocenters. The average Bonchev–Trinajstić information content (AvgIpc) is 2.62. The molecule has 0 spiro atoms. The predicted octanol–water partition coefficient (Wildman–Crippen LogP) is 3.37. The number of alkyl carbamates (subject to hydrolysis) is 1. The molecule has 180 valence electrons. The predicted molar refractivity (Wildman–Crippen MR) is 120 cm³/mol. The summed E-state index contributed by atoms with van der Waals surface area (Å²) < 4.78 is 20.1. The Morgan fingerprint density at radius 1 is 1.25 bits per heavy atom. The SMILES string of the molecule is Cc1cc(Cl)cc(F)c1C1(O)[C@H](C)CN(C(=O)[C@](C)(CO)NC(=O)OC(C)(C)C)C[C@@H]1C. The summed E-state index contributed by atoms with van der Waals surface area (Å²) in [4.78, 5) is 27.0. The zero-order valence-corrected chi connectivity index (χ0v) is 20.5. The summed E-state index contributed by atoms with van der Waals surface area (Å²) in [6.07, 6.45) is -0.823. The molecule has 2 rings (SSSR count). The van der Waals surface area contributed by atoms with Crippen LogP contribution in [0.1, 0.15) is 52.7 Å². The number of nitrogens with zero attached hydrogens (tertiary/aromatic N) is 1. The maximum Gasteiger partial charge on any atom is 0.408 e. The van der Waals surface area contributed by atoms with Crippen LogP contribution in [0.5, 0.6) is 0 Å². The van der Waals surface area contributed by atoms with E-state index in [0.29, 0.717) is 5.56 Å². The highest BCUT2D eigenvalue weighted by atomic mass is 35.5. The van der Waals surface area contributed by atoms with Crippen molar-refractivity contribution in [1.82, 2.24) is 10.2 Å². The fraction of sp³-hybridized carbons (Fsp3) is 0.652. The van der Waals surface area contributed by atoms with Crippen molar-refractivity contribution in [3.63, 3.8) is 0 Å². The molecule has 1 aliphatic rings. The molecule has 1 aliphatic heterocycles. The third-order valence-corrected chi connectivity index (χ3v) is 6.21. The Morgan fingerprint density at radius 2 is 1.78 bits per heavy atom. The first-order valence-electron chi connectivity index (χ1n) is 10.6. The molecule has 0 saturated carbocycles. The molecule has 1 heterocycles. The molecule has 1 aromatic carbocycles. The highest BCUT2D eigenvalue weighted by Crippen LogP contribution is 2.44. The minimum Gasteiger partial charge on any atom is -0.444 e. The summed E-state index contributed by atoms with van der Waals surface area (Å²) in [7, 11) is 0. The highest BCUT2D eigenvalue weighted by Gasteiger charge is 2.51. The number of aliphatic hydroxyl groups excluding tert-OH is 1. The van der Waals surface area contributed by atoms with Crippen molar-refractivity contribution >= 4 is 23.6 Å². The van der Waals surface area contributed by atoms with Gasteiger partial charge in [0.1, 0.15) is 22.6 Å². The number of carbonyl (C=O) groups is 2. The summed E-state index contributed by atoms with van der Waals surface area (Å²) >= 11 is 5.95. The lowest BCUT2D eigenvalue weighted by atomic mass is 9.69. The molecule has 32 heavy (non-hydrogen) atoms. The third-order valence-electron chi connectivity index (χ3n) is 6.00. The van der Waals surface area contributed by atoms with Gasteiger partial charge in [-0.15, -0.1) is 0 Å². The summed E-state index contributed by atoms with van der Waals surface area (Å²) in [5.74, 6) is -2.18. The molecule has 1 fully saturated rings. The second kappa shape index (κ2) is 9.15. The van der Waals surface area contributed by atoms with Gasteiger partial charge in [-0.25, -0.2) is 9.18 Å². The number of hydrogen-bond acceptors (Lipinski definition) is 5. The molecule has 0 aromatic heterocycles. The van der Waals surface area contributed by atoms with E-state index in [0.717, 1.165) is 0 Å². The number of aryl methyl sites for hydroxylation is 1. The van der Waals surface area contributed by atoms with E-state index in [1.807, 2.05) is 0 Å². The molecular weight excluding hydrogens is 439 g/mol. The zero-order chi connectivity index (χ0) is 24.6. The minimum atomic E-state index is -1.61. The average molecular weight is 473 g/mol. The van der Waals surface area contributed by atoms with Gasteiger partial charge in [0.2, 0.25) is 0 Å². The monoisotopic (exact) mass is 472 g/mol. The van der Waals surface area contributed by atoms with E-state index < -0.39 is 53.0 Å². The number of hydrogen-bond donors (Lipinski definition) is 3. The Kier molecular flexibility index (Phi) is 7.54. The third kappa shape index (κ3) is 5.18. The van der Waals surface area contributed by atoms with Gasteiger partial charge in [0.25, 0.3) is 5.91 Å². The topological polar surface area (TPSA) is 99.1 Å². The van der Waals surface area contributed by atoms with Crippen molar-refractivity contribution in [3.05, 3.63) is 34.1 Å². The van der Waals surface area contributed by atoms with E-state index in [-0.39, 0.29) is 23.7 Å². The van der Waals surface area contributed by atoms with Gasteiger partial charge in [-0.3, -0.25) is 4.79 Å². The van der Waals surface area contributed by atoms with Gasteiger partial charge >= 0.3 is 6.09 Å². The first kappa shape index (κ1) is 26.4. The number of carbonyl (C=O) groups excluding carboxylic acids is 2. The Hall–Kier alpha value is -1.90. The first-order valence-corrected chi connectivity index (χ1v) is 11.0. The molecule has 1 aromatic rings. The van der Waals surface area contributed by atoms with Gasteiger partial charge in [-0.05, 0) is 52.3 Å². The number of amides is 2. The molecule has 2 amide bonds. The van der Waals surface area contributed by atoms with Gasteiger partial charge < -0.3 is 25.2 Å². The number of likely N-dealkylation sites (tertiary alicyclic amines) is 1. The molecule has 0 aliphatic carbocycles. The molecule has 1 unspecified atom stereocenters. The zero-order valence-electron chi connectivity index (χ0n) is 19.8. The van der Waals surface area contributed by atoms with Crippen molar-refractivity contribution in [2.75, 3.05) is 19.7 Å². The summed E-state index contributed by atoms with van der Waals surface area (Å²) in [6.45, 7) is 11.2. The molecule has 7 nitrogen and oxygen atoms in total. The number of aliphatic hydroxyl groups is 2. The van der Waals surface area contributed by atoms with Crippen molar-refractivity contribution < 1.29 is 28.9 Å². The van der Waals surface area contributed by atoms with E-state index in [2.05, 4.69) is 5.32 Å². The summed E-state index contributed by atoms with van der Waals surface area (Å²) in [6, 6.07) is 2.77. The largest absolute Gasteiger partial charge is 0.444 e. The molecular formula is C23H34ClFN2O5. The number of rotatable bonds is 4. The molecule has 9 heteroatoms. The fourth-order valence-electron chi connectivity index (χ4n) is 4.41. The Balaban J connectivity index is 2.29. The maximum absolute atomic E-state index is 14.8. The van der Waals surface area contributed by atoms with E-state index >= 15 is 0 Å². The summed E-state index contributed by atoms with van der Waals surface area (Å²) in [5, 5.41) is 24.2. The highest BCUT2D eigenvalue weighted by molar-refractivity contribution is 6.30. The van der Waals surface area contributed by atoms with Crippen LogP contribution in [0.4, 0.5) is 9.18 Å². The molecule has 1 saturated heterocycles. The van der Waals surface area contributed by atoms with Crippen LogP contribution < -0.4 is 5.32 Å². The van der Waals surface area contributed by atoms with Crippen LogP contribution in [-0.4, -0.2) is 57.9 Å². The lowest BCUT2D eigenvalue weighted by molar-refractivity contribution is -0.156. The van der Waals surface area contributed by atoms with Crippen LogP contribution in [0, 0.1) is 24.6 Å². The number of nitrogens with one attached hydrogen (secondary N) is 1. The van der Waals surface area contributed by atoms with Crippen LogP contribution in [0.3, 0.4) is 0 Å². The van der Waals surface area contributed by atoms with Gasteiger partial charge in [0.15, 0.2) is 0 Å². The van der Waals surface area contributed by atoms with Crippen LogP contribution in [0.15, 0.2) is 12.1 Å². The Bertz CT molecular complexity index is 853. The van der Waals surface area contributed by atoms with Gasteiger partial charge in [-0.1, -0.05) is 25.4 Å². The van der Waals surface area contributed by atoms with E-state index in [9.17, 15) is 24.2 Å². The van der Waals surface area contributed by atoms with Crippen molar-refractivity contribution in [2.24, 2.45) is 11.8 Å². The van der Waals surface area contributed by atoms with Gasteiger partial charge in [-0.2, -0.15) is 0 Å². The van der Waals surface area contributed by atoms with Crippen molar-refractivity contribution in [1.29, 1.82) is 0 Å². The standard InChI is InChI=1S/C23H34ClFN2O5/c1-13-8-16(24)9-17(25)18(13)23(31)14(2)10-27(11-15(23)3)19(29)22(7,12-28)26-20(30)32-21(4,5)6/h8-9,14-15,28,31H,10-12H2,1-7H3,(H,26,30)/t14-,15+,22-,23?/m0/s1. The van der Waals surface area contributed by atoms with Crippen LogP contribution in [-0.2, 0) is 15.1 Å².